The van der Waals surface area contributed by atoms with Crippen molar-refractivity contribution in [1.82, 2.24) is 20.0 Å². The molecule has 31 heavy (non-hydrogen) atoms. The molecule has 7 nitrogen and oxygen atoms in total. The third-order valence-electron chi connectivity index (χ3n) is 4.80. The Labute approximate surface area is 181 Å². The van der Waals surface area contributed by atoms with Crippen molar-refractivity contribution in [3.05, 3.63) is 76.6 Å². The second-order valence-electron chi connectivity index (χ2n) is 6.83. The van der Waals surface area contributed by atoms with Crippen LogP contribution in [0.5, 0.6) is 0 Å². The molecular formula is C22H19FN4O3S. The number of aromatic nitrogens is 3. The number of fused-ring (bicyclic) bond motifs is 1. The van der Waals surface area contributed by atoms with Gasteiger partial charge in [-0.25, -0.2) is 9.37 Å². The lowest BCUT2D eigenvalue weighted by Crippen LogP contribution is -2.27. The SMILES string of the molecule is CSc1ccc(CNC(=O)CCn2cnc3c(-c4ccc(F)cc4)noc3c2=O)cc1. The van der Waals surface area contributed by atoms with E-state index in [1.165, 1.54) is 23.0 Å². The number of nitrogens with one attached hydrogen (secondary N) is 1. The summed E-state index contributed by atoms with van der Waals surface area (Å²) in [6, 6.07) is 13.6. The van der Waals surface area contributed by atoms with E-state index in [2.05, 4.69) is 15.5 Å². The van der Waals surface area contributed by atoms with Crippen LogP contribution in [-0.4, -0.2) is 26.9 Å². The van der Waals surface area contributed by atoms with Crippen LogP contribution in [-0.2, 0) is 17.9 Å². The number of carbonyl (C=O) groups excluding carboxylic acids is 1. The average Bonchev–Trinajstić information content (AvgIpc) is 3.23. The molecule has 0 bridgehead atoms. The summed E-state index contributed by atoms with van der Waals surface area (Å²) in [5.41, 5.74) is 1.83. The van der Waals surface area contributed by atoms with Gasteiger partial charge in [0.15, 0.2) is 0 Å². The molecule has 2 aromatic carbocycles. The maximum absolute atomic E-state index is 13.1. The first-order valence-electron chi connectivity index (χ1n) is 9.55. The Morgan fingerprint density at radius 2 is 1.90 bits per heavy atom. The number of halogens is 1. The first kappa shape index (κ1) is 20.8. The number of rotatable bonds is 7. The van der Waals surface area contributed by atoms with Crippen LogP contribution in [0.25, 0.3) is 22.4 Å². The van der Waals surface area contributed by atoms with Crippen molar-refractivity contribution in [3.8, 4) is 11.3 Å². The van der Waals surface area contributed by atoms with Crippen molar-refractivity contribution in [2.75, 3.05) is 6.26 Å². The van der Waals surface area contributed by atoms with Gasteiger partial charge in [0, 0.05) is 30.0 Å². The van der Waals surface area contributed by atoms with E-state index in [0.717, 1.165) is 10.5 Å². The number of aryl methyl sites for hydroxylation is 1. The van der Waals surface area contributed by atoms with E-state index in [0.29, 0.717) is 23.3 Å². The summed E-state index contributed by atoms with van der Waals surface area (Å²) >= 11 is 1.66. The van der Waals surface area contributed by atoms with E-state index in [-0.39, 0.29) is 30.3 Å². The summed E-state index contributed by atoms with van der Waals surface area (Å²) in [6.45, 7) is 0.578. The number of hydrogen-bond acceptors (Lipinski definition) is 6. The third kappa shape index (κ3) is 4.66. The minimum Gasteiger partial charge on any atom is -0.352 e. The Morgan fingerprint density at radius 3 is 2.61 bits per heavy atom. The summed E-state index contributed by atoms with van der Waals surface area (Å²) < 4.78 is 19.7. The first-order valence-corrected chi connectivity index (χ1v) is 10.8. The molecule has 0 saturated carbocycles. The second kappa shape index (κ2) is 9.13. The van der Waals surface area contributed by atoms with Gasteiger partial charge >= 0.3 is 0 Å². The predicted molar refractivity (Wildman–Crippen MR) is 116 cm³/mol. The molecule has 0 aliphatic heterocycles. The fourth-order valence-corrected chi connectivity index (χ4v) is 3.47. The molecule has 9 heteroatoms. The Kier molecular flexibility index (Phi) is 6.13. The monoisotopic (exact) mass is 438 g/mol. The summed E-state index contributed by atoms with van der Waals surface area (Å²) in [7, 11) is 0. The molecule has 0 spiro atoms. The molecule has 0 fully saturated rings. The highest BCUT2D eigenvalue weighted by atomic mass is 32.2. The molecule has 0 atom stereocenters. The van der Waals surface area contributed by atoms with Gasteiger partial charge in [0.1, 0.15) is 17.0 Å². The van der Waals surface area contributed by atoms with E-state index < -0.39 is 5.56 Å². The highest BCUT2D eigenvalue weighted by Crippen LogP contribution is 2.24. The van der Waals surface area contributed by atoms with Gasteiger partial charge in [-0.1, -0.05) is 17.3 Å². The van der Waals surface area contributed by atoms with Gasteiger partial charge in [0.05, 0.1) is 6.33 Å². The number of benzene rings is 2. The zero-order valence-corrected chi connectivity index (χ0v) is 17.5. The van der Waals surface area contributed by atoms with E-state index in [4.69, 9.17) is 4.52 Å². The van der Waals surface area contributed by atoms with E-state index in [9.17, 15) is 14.0 Å². The van der Waals surface area contributed by atoms with Gasteiger partial charge in [-0.3, -0.25) is 14.2 Å². The van der Waals surface area contributed by atoms with Gasteiger partial charge in [-0.2, -0.15) is 0 Å². The van der Waals surface area contributed by atoms with Crippen LogP contribution in [0.1, 0.15) is 12.0 Å². The Hall–Kier alpha value is -3.46. The molecular weight excluding hydrogens is 419 g/mol. The summed E-state index contributed by atoms with van der Waals surface area (Å²) in [5.74, 6) is -0.548. The Balaban J connectivity index is 1.41. The minimum atomic E-state index is -0.425. The van der Waals surface area contributed by atoms with Crippen LogP contribution in [0.15, 0.2) is 69.1 Å². The van der Waals surface area contributed by atoms with Crippen molar-refractivity contribution in [1.29, 1.82) is 0 Å². The Morgan fingerprint density at radius 1 is 1.16 bits per heavy atom. The van der Waals surface area contributed by atoms with Crippen LogP contribution in [0, 0.1) is 5.82 Å². The second-order valence-corrected chi connectivity index (χ2v) is 7.71. The van der Waals surface area contributed by atoms with Crippen LogP contribution < -0.4 is 10.9 Å². The van der Waals surface area contributed by atoms with Crippen LogP contribution in [0.4, 0.5) is 4.39 Å². The highest BCUT2D eigenvalue weighted by Gasteiger charge is 2.16. The van der Waals surface area contributed by atoms with Crippen molar-refractivity contribution in [2.45, 2.75) is 24.4 Å². The van der Waals surface area contributed by atoms with Crippen molar-refractivity contribution < 1.29 is 13.7 Å². The molecule has 0 saturated heterocycles. The van der Waals surface area contributed by atoms with Gasteiger partial charge in [0.2, 0.25) is 5.91 Å². The van der Waals surface area contributed by atoms with Crippen molar-refractivity contribution in [2.24, 2.45) is 0 Å². The molecule has 0 aliphatic rings. The highest BCUT2D eigenvalue weighted by molar-refractivity contribution is 7.98. The zero-order chi connectivity index (χ0) is 21.8. The summed E-state index contributed by atoms with van der Waals surface area (Å²) in [6.07, 6.45) is 3.49. The number of hydrogen-bond donors (Lipinski definition) is 1. The first-order chi connectivity index (χ1) is 15.0. The Bertz CT molecular complexity index is 1270. The lowest BCUT2D eigenvalue weighted by Gasteiger charge is -2.07. The fraction of sp³-hybridized carbons (Fsp3) is 0.182. The van der Waals surface area contributed by atoms with E-state index in [1.807, 2.05) is 30.5 Å². The average molecular weight is 438 g/mol. The summed E-state index contributed by atoms with van der Waals surface area (Å²) in [5, 5.41) is 6.76. The molecule has 0 unspecified atom stereocenters. The topological polar surface area (TPSA) is 90.0 Å². The molecule has 1 amide bonds. The molecule has 4 aromatic rings. The minimum absolute atomic E-state index is 0.00360. The van der Waals surface area contributed by atoms with Crippen LogP contribution in [0.3, 0.4) is 0 Å². The van der Waals surface area contributed by atoms with Gasteiger partial charge in [-0.05, 0) is 48.2 Å². The molecule has 4 rings (SSSR count). The van der Waals surface area contributed by atoms with Crippen molar-refractivity contribution >= 4 is 28.8 Å². The van der Waals surface area contributed by atoms with Crippen LogP contribution >= 0.6 is 11.8 Å². The maximum Gasteiger partial charge on any atom is 0.299 e. The smallest absolute Gasteiger partial charge is 0.299 e. The summed E-state index contributed by atoms with van der Waals surface area (Å²) in [4.78, 5) is 30.3. The molecule has 2 aromatic heterocycles. The molecule has 0 radical (unpaired) electrons. The normalized spacial score (nSPS) is 11.0. The maximum atomic E-state index is 13.1. The quantitative estimate of drug-likeness (QED) is 0.443. The van der Waals surface area contributed by atoms with Crippen LogP contribution in [0.2, 0.25) is 0 Å². The number of thioether (sulfide) groups is 1. The molecule has 158 valence electrons. The lowest BCUT2D eigenvalue weighted by molar-refractivity contribution is -0.121. The van der Waals surface area contributed by atoms with E-state index >= 15 is 0 Å². The van der Waals surface area contributed by atoms with Gasteiger partial charge < -0.3 is 9.84 Å². The van der Waals surface area contributed by atoms with E-state index in [1.54, 1.807) is 23.9 Å². The lowest BCUT2D eigenvalue weighted by atomic mass is 10.1. The third-order valence-corrected chi connectivity index (χ3v) is 5.54. The molecule has 0 aliphatic carbocycles. The van der Waals surface area contributed by atoms with Gasteiger partial charge in [0.25, 0.3) is 11.1 Å². The largest absolute Gasteiger partial charge is 0.352 e. The molecule has 1 N–H and O–H groups in total. The standard InChI is InChI=1S/C22H19FN4O3S/c1-31-17-8-2-14(3-9-17)12-24-18(28)10-11-27-13-25-20-19(26-30-21(20)22(27)29)15-4-6-16(23)7-5-15/h2-9,13H,10-12H2,1H3,(H,24,28). The number of carbonyl (C=O) groups is 1. The predicted octanol–water partition coefficient (Wildman–Crippen LogP) is 3.62. The molecule has 2 heterocycles. The van der Waals surface area contributed by atoms with Crippen molar-refractivity contribution in [3.63, 3.8) is 0 Å². The number of amides is 1. The van der Waals surface area contributed by atoms with Gasteiger partial charge in [-0.15, -0.1) is 11.8 Å². The zero-order valence-electron chi connectivity index (χ0n) is 16.7. The number of nitrogens with zero attached hydrogens (tertiary/aromatic N) is 3. The fourth-order valence-electron chi connectivity index (χ4n) is 3.07.